The maximum Gasteiger partial charge on any atom is 0.331 e. The van der Waals surface area contributed by atoms with Crippen molar-refractivity contribution in [2.24, 2.45) is 5.92 Å². The molecule has 0 saturated carbocycles. The molecule has 0 unspecified atom stereocenters. The lowest BCUT2D eigenvalue weighted by molar-refractivity contribution is -0.155. The molecule has 3 N–H and O–H groups in total. The number of amides is 1. The second-order valence-electron chi connectivity index (χ2n) is 5.64. The van der Waals surface area contributed by atoms with Crippen molar-refractivity contribution in [2.45, 2.75) is 31.9 Å². The third kappa shape index (κ3) is 6.83. The van der Waals surface area contributed by atoms with Gasteiger partial charge in [-0.25, -0.2) is 4.79 Å². The number of hydrogen-bond donors (Lipinski definition) is 3. The van der Waals surface area contributed by atoms with Crippen molar-refractivity contribution in [3.8, 4) is 0 Å². The number of hydrogen-bond acceptors (Lipinski definition) is 5. The highest BCUT2D eigenvalue weighted by atomic mass is 16.5. The standard InChI is InChI=1S/C16H22BNO6/c1-10(24-15(22)13(9-19)18-16(17)23)7-12(14(20)21)8-11-5-3-2-4-6-11/h2-6,10,12-13,19H,7-9,17H2,1H3,(H,18,23)(H,20,21)/t10-,12-,13-/m0/s1. The number of nitrogens with one attached hydrogen (secondary N) is 1. The van der Waals surface area contributed by atoms with Crippen molar-refractivity contribution in [3.63, 3.8) is 0 Å². The van der Waals surface area contributed by atoms with Crippen LogP contribution in [-0.2, 0) is 20.7 Å². The van der Waals surface area contributed by atoms with E-state index in [9.17, 15) is 19.5 Å². The van der Waals surface area contributed by atoms with Crippen LogP contribution in [0.25, 0.3) is 0 Å². The first-order valence-electron chi connectivity index (χ1n) is 7.68. The molecule has 1 amide bonds. The van der Waals surface area contributed by atoms with Crippen LogP contribution >= 0.6 is 0 Å². The van der Waals surface area contributed by atoms with Crippen molar-refractivity contribution in [3.05, 3.63) is 35.9 Å². The molecule has 1 aromatic rings. The summed E-state index contributed by atoms with van der Waals surface area (Å²) in [5, 5.41) is 20.7. The van der Waals surface area contributed by atoms with E-state index in [2.05, 4.69) is 5.32 Å². The maximum atomic E-state index is 11.9. The molecule has 130 valence electrons. The number of carbonyl (C=O) groups is 3. The summed E-state index contributed by atoms with van der Waals surface area (Å²) in [6.07, 6.45) is -0.202. The van der Waals surface area contributed by atoms with Gasteiger partial charge in [0.25, 0.3) is 0 Å². The summed E-state index contributed by atoms with van der Waals surface area (Å²) < 4.78 is 5.15. The Morgan fingerprint density at radius 1 is 1.25 bits per heavy atom. The number of esters is 1. The first kappa shape index (κ1) is 19.7. The molecule has 0 aliphatic rings. The molecule has 0 saturated heterocycles. The van der Waals surface area contributed by atoms with Crippen LogP contribution in [0.3, 0.4) is 0 Å². The van der Waals surface area contributed by atoms with Gasteiger partial charge >= 0.3 is 11.9 Å². The lowest BCUT2D eigenvalue weighted by atomic mass is 9.94. The molecule has 0 fully saturated rings. The highest BCUT2D eigenvalue weighted by Crippen LogP contribution is 2.17. The Kier molecular flexibility index (Phi) is 7.98. The predicted octanol–water partition coefficient (Wildman–Crippen LogP) is -0.0447. The average Bonchev–Trinajstić information content (AvgIpc) is 2.52. The van der Waals surface area contributed by atoms with Crippen molar-refractivity contribution >= 4 is 25.6 Å². The molecule has 7 nitrogen and oxygen atoms in total. The van der Waals surface area contributed by atoms with E-state index in [0.29, 0.717) is 6.42 Å². The van der Waals surface area contributed by atoms with Gasteiger partial charge in [-0.1, -0.05) is 30.3 Å². The minimum absolute atomic E-state index is 0.133. The molecule has 0 aromatic heterocycles. The molecule has 1 rings (SSSR count). The van der Waals surface area contributed by atoms with E-state index < -0.39 is 42.4 Å². The number of aliphatic hydroxyl groups is 1. The van der Waals surface area contributed by atoms with Crippen LogP contribution in [-0.4, -0.2) is 54.6 Å². The van der Waals surface area contributed by atoms with Crippen molar-refractivity contribution in [2.75, 3.05) is 6.61 Å². The lowest BCUT2D eigenvalue weighted by Gasteiger charge is -2.21. The van der Waals surface area contributed by atoms with E-state index in [1.54, 1.807) is 6.92 Å². The van der Waals surface area contributed by atoms with E-state index >= 15 is 0 Å². The summed E-state index contributed by atoms with van der Waals surface area (Å²) in [5.41, 5.74) is 0.884. The third-order valence-electron chi connectivity index (χ3n) is 3.45. The van der Waals surface area contributed by atoms with Gasteiger partial charge in [-0.3, -0.25) is 9.59 Å². The molecule has 0 aliphatic carbocycles. The van der Waals surface area contributed by atoms with Crippen LogP contribution in [0.2, 0.25) is 0 Å². The van der Waals surface area contributed by atoms with E-state index in [-0.39, 0.29) is 6.42 Å². The molecule has 1 aromatic carbocycles. The summed E-state index contributed by atoms with van der Waals surface area (Å²) in [4.78, 5) is 34.3. The molecular formula is C16H22BNO6. The molecule has 3 atom stereocenters. The summed E-state index contributed by atoms with van der Waals surface area (Å²) in [6.45, 7) is 0.999. The van der Waals surface area contributed by atoms with Gasteiger partial charge in [0.1, 0.15) is 6.04 Å². The van der Waals surface area contributed by atoms with Crippen LogP contribution in [0.5, 0.6) is 0 Å². The Morgan fingerprint density at radius 2 is 1.88 bits per heavy atom. The first-order chi connectivity index (χ1) is 11.3. The van der Waals surface area contributed by atoms with Gasteiger partial charge < -0.3 is 20.3 Å². The van der Waals surface area contributed by atoms with Gasteiger partial charge in [0.05, 0.1) is 18.6 Å². The maximum absolute atomic E-state index is 11.9. The number of benzene rings is 1. The Hall–Kier alpha value is -2.35. The molecule has 0 aliphatic heterocycles. The molecule has 0 radical (unpaired) electrons. The first-order valence-corrected chi connectivity index (χ1v) is 7.68. The smallest absolute Gasteiger partial charge is 0.331 e. The summed E-state index contributed by atoms with van der Waals surface area (Å²) in [5.74, 6) is -2.93. The van der Waals surface area contributed by atoms with Crippen LogP contribution < -0.4 is 5.32 Å². The number of aliphatic carboxylic acids is 1. The number of carboxylic acids is 1. The Balaban J connectivity index is 2.61. The molecule has 0 heterocycles. The SMILES string of the molecule is BC(=O)N[C@@H](CO)C(=O)O[C@@H](C)C[C@@H](Cc1ccccc1)C(=O)O. The fraction of sp³-hybridized carbons (Fsp3) is 0.438. The van der Waals surface area contributed by atoms with Gasteiger partial charge in [-0.15, -0.1) is 0 Å². The number of ether oxygens (including phenoxy) is 1. The fourth-order valence-electron chi connectivity index (χ4n) is 2.32. The largest absolute Gasteiger partial charge is 0.481 e. The van der Waals surface area contributed by atoms with Gasteiger partial charge in [-0.2, -0.15) is 0 Å². The monoisotopic (exact) mass is 335 g/mol. The van der Waals surface area contributed by atoms with E-state index in [4.69, 9.17) is 9.84 Å². The topological polar surface area (TPSA) is 113 Å². The van der Waals surface area contributed by atoms with E-state index in [1.165, 1.54) is 7.85 Å². The molecule has 8 heteroatoms. The summed E-state index contributed by atoms with van der Waals surface area (Å²) in [6, 6.07) is 8.03. The molecule has 24 heavy (non-hydrogen) atoms. The van der Waals surface area contributed by atoms with Crippen LogP contribution in [0, 0.1) is 5.92 Å². The Morgan fingerprint density at radius 3 is 2.38 bits per heavy atom. The van der Waals surface area contributed by atoms with Crippen LogP contribution in [0.1, 0.15) is 18.9 Å². The van der Waals surface area contributed by atoms with Crippen molar-refractivity contribution in [1.29, 1.82) is 0 Å². The number of aliphatic hydroxyl groups excluding tert-OH is 1. The van der Waals surface area contributed by atoms with Gasteiger partial charge in [0.2, 0.25) is 7.85 Å². The number of carbonyl (C=O) groups excluding carboxylic acids is 2. The third-order valence-corrected chi connectivity index (χ3v) is 3.45. The fourth-order valence-corrected chi connectivity index (χ4v) is 2.32. The molecular weight excluding hydrogens is 313 g/mol. The minimum atomic E-state index is -1.15. The summed E-state index contributed by atoms with van der Waals surface area (Å²) in [7, 11) is 1.22. The lowest BCUT2D eigenvalue weighted by Crippen LogP contribution is -2.45. The van der Waals surface area contributed by atoms with Gasteiger partial charge in [0.15, 0.2) is 5.81 Å². The Bertz CT molecular complexity index is 565. The molecule has 0 bridgehead atoms. The normalized spacial score (nSPS) is 14.2. The average molecular weight is 335 g/mol. The quantitative estimate of drug-likeness (QED) is 0.431. The second kappa shape index (κ2) is 9.72. The van der Waals surface area contributed by atoms with E-state index in [1.807, 2.05) is 30.3 Å². The van der Waals surface area contributed by atoms with E-state index in [0.717, 1.165) is 5.56 Å². The summed E-state index contributed by atoms with van der Waals surface area (Å²) >= 11 is 0. The zero-order valence-corrected chi connectivity index (χ0v) is 13.8. The zero-order chi connectivity index (χ0) is 18.1. The number of rotatable bonds is 9. The zero-order valence-electron chi connectivity index (χ0n) is 13.8. The van der Waals surface area contributed by atoms with Gasteiger partial charge in [-0.05, 0) is 25.3 Å². The van der Waals surface area contributed by atoms with Crippen LogP contribution in [0.15, 0.2) is 30.3 Å². The van der Waals surface area contributed by atoms with Crippen molar-refractivity contribution in [1.82, 2.24) is 5.32 Å². The second-order valence-corrected chi connectivity index (χ2v) is 5.64. The minimum Gasteiger partial charge on any atom is -0.481 e. The van der Waals surface area contributed by atoms with Gasteiger partial charge in [0, 0.05) is 0 Å². The van der Waals surface area contributed by atoms with Crippen molar-refractivity contribution < 1.29 is 29.3 Å². The molecule has 0 spiro atoms. The number of carboxylic acid groups (broad SMARTS) is 1. The van der Waals surface area contributed by atoms with Crippen LogP contribution in [0.4, 0.5) is 4.79 Å². The highest BCUT2D eigenvalue weighted by Gasteiger charge is 2.26. The predicted molar refractivity (Wildman–Crippen MR) is 89.4 cm³/mol. The Labute approximate surface area is 141 Å². The highest BCUT2D eigenvalue weighted by molar-refractivity contribution is 6.57.